The summed E-state index contributed by atoms with van der Waals surface area (Å²) in [5.74, 6) is 1.90. The fourth-order valence-corrected chi connectivity index (χ4v) is 4.05. The van der Waals surface area contributed by atoms with E-state index in [1.807, 2.05) is 30.7 Å². The van der Waals surface area contributed by atoms with Crippen LogP contribution in [0, 0.1) is 5.41 Å². The highest BCUT2D eigenvalue weighted by Gasteiger charge is 2.30. The van der Waals surface area contributed by atoms with Crippen molar-refractivity contribution in [2.75, 3.05) is 24.5 Å². The Labute approximate surface area is 169 Å². The minimum Gasteiger partial charge on any atom is -0.355 e. The van der Waals surface area contributed by atoms with Crippen LogP contribution >= 0.6 is 23.2 Å². The van der Waals surface area contributed by atoms with Gasteiger partial charge in [0.15, 0.2) is 5.82 Å². The van der Waals surface area contributed by atoms with Crippen LogP contribution in [0.25, 0.3) is 5.52 Å². The van der Waals surface area contributed by atoms with Gasteiger partial charge in [-0.05, 0) is 36.4 Å². The van der Waals surface area contributed by atoms with Gasteiger partial charge in [0.2, 0.25) is 0 Å². The molecule has 5 nitrogen and oxygen atoms in total. The first-order valence-electron chi connectivity index (χ1n) is 9.20. The molecule has 1 aliphatic heterocycles. The molecular weight excluding hydrogens is 381 g/mol. The number of fused-ring (bicyclic) bond motifs is 1. The van der Waals surface area contributed by atoms with Crippen molar-refractivity contribution < 1.29 is 0 Å². The van der Waals surface area contributed by atoms with Gasteiger partial charge in [-0.1, -0.05) is 42.3 Å². The van der Waals surface area contributed by atoms with Gasteiger partial charge in [-0.3, -0.25) is 4.40 Å². The summed E-state index contributed by atoms with van der Waals surface area (Å²) in [4.78, 5) is 11.6. The fourth-order valence-electron chi connectivity index (χ4n) is 3.66. The molecule has 0 atom stereocenters. The summed E-state index contributed by atoms with van der Waals surface area (Å²) in [5.41, 5.74) is 8.16. The van der Waals surface area contributed by atoms with E-state index < -0.39 is 0 Å². The first-order valence-corrected chi connectivity index (χ1v) is 9.95. The average Bonchev–Trinajstić information content (AvgIpc) is 3.09. The number of nitrogens with two attached hydrogens (primary N) is 1. The molecule has 2 N–H and O–H groups in total. The molecule has 27 heavy (non-hydrogen) atoms. The van der Waals surface area contributed by atoms with E-state index in [2.05, 4.69) is 26.2 Å². The molecule has 1 fully saturated rings. The summed E-state index contributed by atoms with van der Waals surface area (Å²) in [6, 6.07) is 5.69. The van der Waals surface area contributed by atoms with Crippen LogP contribution in [-0.4, -0.2) is 34.0 Å². The zero-order valence-corrected chi connectivity index (χ0v) is 16.8. The van der Waals surface area contributed by atoms with Crippen LogP contribution in [0.3, 0.4) is 0 Å². The van der Waals surface area contributed by atoms with Crippen molar-refractivity contribution in [1.82, 2.24) is 14.4 Å². The minimum atomic E-state index is 0.232. The number of anilines is 1. The Hall–Kier alpha value is -1.82. The van der Waals surface area contributed by atoms with Crippen molar-refractivity contribution in [2.24, 2.45) is 11.1 Å². The quantitative estimate of drug-likeness (QED) is 0.709. The second-order valence-electron chi connectivity index (χ2n) is 7.57. The van der Waals surface area contributed by atoms with Crippen LogP contribution in [0.1, 0.15) is 31.2 Å². The van der Waals surface area contributed by atoms with Crippen molar-refractivity contribution in [3.8, 4) is 0 Å². The van der Waals surface area contributed by atoms with Crippen molar-refractivity contribution in [3.63, 3.8) is 0 Å². The van der Waals surface area contributed by atoms with Gasteiger partial charge >= 0.3 is 0 Å². The molecule has 0 radical (unpaired) electrons. The van der Waals surface area contributed by atoms with Crippen molar-refractivity contribution in [3.05, 3.63) is 58.2 Å². The molecule has 1 saturated heterocycles. The number of nitrogens with zero attached hydrogens (tertiary/aromatic N) is 4. The zero-order chi connectivity index (χ0) is 19.0. The lowest BCUT2D eigenvalue weighted by atomic mass is 9.80. The zero-order valence-electron chi connectivity index (χ0n) is 15.3. The van der Waals surface area contributed by atoms with Gasteiger partial charge in [0.05, 0.1) is 16.2 Å². The third-order valence-electron chi connectivity index (χ3n) is 5.66. The first-order chi connectivity index (χ1) is 13.0. The number of imidazole rings is 1. The summed E-state index contributed by atoms with van der Waals surface area (Å²) in [5, 5.41) is 1.15. The highest BCUT2D eigenvalue weighted by molar-refractivity contribution is 6.42. The van der Waals surface area contributed by atoms with Crippen LogP contribution in [0.4, 0.5) is 5.82 Å². The van der Waals surface area contributed by atoms with E-state index in [1.165, 1.54) is 0 Å². The van der Waals surface area contributed by atoms with Gasteiger partial charge < -0.3 is 10.6 Å². The number of benzene rings is 1. The van der Waals surface area contributed by atoms with E-state index in [9.17, 15) is 0 Å². The lowest BCUT2D eigenvalue weighted by molar-refractivity contribution is 0.258. The normalized spacial score (nSPS) is 16.8. The Bertz CT molecular complexity index is 960. The smallest absolute Gasteiger partial charge is 0.154 e. The van der Waals surface area contributed by atoms with E-state index in [1.54, 1.807) is 6.07 Å². The van der Waals surface area contributed by atoms with Crippen LogP contribution in [-0.2, 0) is 6.42 Å². The van der Waals surface area contributed by atoms with E-state index in [0.717, 1.165) is 55.2 Å². The largest absolute Gasteiger partial charge is 0.355 e. The summed E-state index contributed by atoms with van der Waals surface area (Å²) in [6.07, 6.45) is 8.45. The topological polar surface area (TPSA) is 59.5 Å². The number of rotatable bonds is 4. The molecule has 0 saturated carbocycles. The van der Waals surface area contributed by atoms with Crippen LogP contribution in [0.5, 0.6) is 0 Å². The van der Waals surface area contributed by atoms with E-state index in [0.29, 0.717) is 16.5 Å². The molecule has 2 aromatic heterocycles. The highest BCUT2D eigenvalue weighted by atomic mass is 35.5. The van der Waals surface area contributed by atoms with Gasteiger partial charge in [0.1, 0.15) is 11.3 Å². The Morgan fingerprint density at radius 3 is 2.70 bits per heavy atom. The second kappa shape index (κ2) is 7.30. The molecule has 1 aromatic carbocycles. The van der Waals surface area contributed by atoms with Crippen LogP contribution < -0.4 is 10.6 Å². The summed E-state index contributed by atoms with van der Waals surface area (Å²) in [6.45, 7) is 4.92. The van der Waals surface area contributed by atoms with E-state index >= 15 is 0 Å². The fraction of sp³-hybridized carbons (Fsp3) is 0.400. The summed E-state index contributed by atoms with van der Waals surface area (Å²) < 4.78 is 2.09. The predicted molar refractivity (Wildman–Crippen MR) is 111 cm³/mol. The van der Waals surface area contributed by atoms with E-state index in [4.69, 9.17) is 28.9 Å². The summed E-state index contributed by atoms with van der Waals surface area (Å²) in [7, 11) is 0. The molecule has 3 heterocycles. The minimum absolute atomic E-state index is 0.232. The first kappa shape index (κ1) is 18.5. The van der Waals surface area contributed by atoms with Crippen molar-refractivity contribution in [2.45, 2.75) is 26.2 Å². The number of hydrogen-bond donors (Lipinski definition) is 1. The van der Waals surface area contributed by atoms with Gasteiger partial charge in [-0.25, -0.2) is 9.97 Å². The number of piperidine rings is 1. The number of aromatic nitrogens is 3. The molecule has 0 unspecified atom stereocenters. The molecule has 7 heteroatoms. The van der Waals surface area contributed by atoms with Gasteiger partial charge in [0.25, 0.3) is 0 Å². The summed E-state index contributed by atoms with van der Waals surface area (Å²) >= 11 is 12.5. The Balaban J connectivity index is 1.63. The molecule has 0 amide bonds. The maximum absolute atomic E-state index is 6.36. The molecular formula is C20H23Cl2N5. The van der Waals surface area contributed by atoms with Crippen molar-refractivity contribution >= 4 is 34.5 Å². The molecule has 3 aromatic rings. The average molecular weight is 404 g/mol. The van der Waals surface area contributed by atoms with Crippen LogP contribution in [0.2, 0.25) is 10.0 Å². The third kappa shape index (κ3) is 3.51. The van der Waals surface area contributed by atoms with Gasteiger partial charge in [0, 0.05) is 31.9 Å². The molecule has 0 bridgehead atoms. The Kier molecular flexibility index (Phi) is 5.01. The molecule has 4 rings (SSSR count). The molecule has 0 spiro atoms. The third-order valence-corrected chi connectivity index (χ3v) is 6.52. The Morgan fingerprint density at radius 1 is 1.19 bits per heavy atom. The van der Waals surface area contributed by atoms with Gasteiger partial charge in [-0.2, -0.15) is 0 Å². The van der Waals surface area contributed by atoms with Gasteiger partial charge in [-0.15, -0.1) is 0 Å². The maximum atomic E-state index is 6.36. The lowest BCUT2D eigenvalue weighted by Gasteiger charge is -2.39. The number of halogens is 2. The molecule has 0 aliphatic carbocycles. The second-order valence-corrected chi connectivity index (χ2v) is 8.36. The monoisotopic (exact) mass is 403 g/mol. The van der Waals surface area contributed by atoms with E-state index in [-0.39, 0.29) is 5.41 Å². The maximum Gasteiger partial charge on any atom is 0.154 e. The number of hydrogen-bond acceptors (Lipinski definition) is 4. The highest BCUT2D eigenvalue weighted by Crippen LogP contribution is 2.33. The molecule has 142 valence electrons. The Morgan fingerprint density at radius 2 is 1.96 bits per heavy atom. The SMILES string of the molecule is CC1(CN)CCN(c2nccn3c(Cc4cccc(Cl)c4Cl)ncc23)CC1. The lowest BCUT2D eigenvalue weighted by Crippen LogP contribution is -2.42. The standard InChI is InChI=1S/C20H23Cl2N5/c1-20(13-23)5-8-26(9-6-20)19-16-12-25-17(27(16)10-7-24-19)11-14-3-2-4-15(21)18(14)22/h2-4,7,10,12H,5-6,8-9,11,13,23H2,1H3. The van der Waals surface area contributed by atoms with Crippen LogP contribution in [0.15, 0.2) is 36.8 Å². The predicted octanol–water partition coefficient (Wildman–Crippen LogP) is 4.19. The van der Waals surface area contributed by atoms with Crippen molar-refractivity contribution in [1.29, 1.82) is 0 Å². The molecule has 1 aliphatic rings.